The van der Waals surface area contributed by atoms with Gasteiger partial charge in [0.05, 0.1) is 6.04 Å². The van der Waals surface area contributed by atoms with E-state index in [1.165, 1.54) is 0 Å². The molecule has 0 aromatic heterocycles. The molecule has 0 spiro atoms. The molecule has 0 aliphatic rings. The zero-order valence-corrected chi connectivity index (χ0v) is 9.99. The third-order valence-electron chi connectivity index (χ3n) is 2.46. The van der Waals surface area contributed by atoms with Gasteiger partial charge in [-0.1, -0.05) is 37.3 Å². The summed E-state index contributed by atoms with van der Waals surface area (Å²) >= 11 is 0. The average Bonchev–Trinajstić information content (AvgIpc) is 2.30. The summed E-state index contributed by atoms with van der Waals surface area (Å²) in [6.07, 6.45) is 0.533. The lowest BCUT2D eigenvalue weighted by atomic mass is 10.1. The van der Waals surface area contributed by atoms with Crippen molar-refractivity contribution in [1.82, 2.24) is 10.6 Å². The summed E-state index contributed by atoms with van der Waals surface area (Å²) in [7, 11) is 0. The number of rotatable bonds is 6. The summed E-state index contributed by atoms with van der Waals surface area (Å²) in [5.41, 5.74) is 1.14. The molecule has 0 saturated heterocycles. The van der Waals surface area contributed by atoms with Crippen LogP contribution in [0.25, 0.3) is 0 Å². The molecule has 88 valence electrons. The van der Waals surface area contributed by atoms with Gasteiger partial charge in [0.25, 0.3) is 0 Å². The van der Waals surface area contributed by atoms with E-state index in [0.717, 1.165) is 18.7 Å². The van der Waals surface area contributed by atoms with E-state index in [-0.39, 0.29) is 11.9 Å². The molecule has 0 aliphatic heterocycles. The Morgan fingerprint density at radius 2 is 2.00 bits per heavy atom. The van der Waals surface area contributed by atoms with E-state index in [1.54, 1.807) is 0 Å². The zero-order chi connectivity index (χ0) is 11.8. The average molecular weight is 220 g/mol. The van der Waals surface area contributed by atoms with E-state index in [1.807, 2.05) is 44.2 Å². The molecule has 0 bridgehead atoms. The van der Waals surface area contributed by atoms with Gasteiger partial charge in [-0.05, 0) is 19.0 Å². The molecule has 1 aromatic carbocycles. The lowest BCUT2D eigenvalue weighted by Gasteiger charge is -2.14. The van der Waals surface area contributed by atoms with Crippen LogP contribution in [0.1, 0.15) is 31.9 Å². The van der Waals surface area contributed by atoms with Crippen LogP contribution in [0.4, 0.5) is 0 Å². The van der Waals surface area contributed by atoms with Crippen LogP contribution in [0.2, 0.25) is 0 Å². The fourth-order valence-electron chi connectivity index (χ4n) is 1.52. The van der Waals surface area contributed by atoms with Crippen molar-refractivity contribution in [2.45, 2.75) is 26.3 Å². The summed E-state index contributed by atoms with van der Waals surface area (Å²) in [5, 5.41) is 6.11. The molecule has 0 aliphatic carbocycles. The zero-order valence-electron chi connectivity index (χ0n) is 9.99. The molecule has 1 atom stereocenters. The molecule has 1 rings (SSSR count). The molecule has 0 fully saturated rings. The molecular formula is C13H20N2O. The molecule has 3 heteroatoms. The monoisotopic (exact) mass is 220 g/mol. The van der Waals surface area contributed by atoms with Crippen molar-refractivity contribution in [3.05, 3.63) is 35.9 Å². The van der Waals surface area contributed by atoms with Crippen LogP contribution in [0, 0.1) is 0 Å². The third kappa shape index (κ3) is 4.45. The summed E-state index contributed by atoms with van der Waals surface area (Å²) in [4.78, 5) is 11.6. The Labute approximate surface area is 97.2 Å². The quantitative estimate of drug-likeness (QED) is 0.718. The normalized spacial score (nSPS) is 12.1. The van der Waals surface area contributed by atoms with Crippen LogP contribution in [0.5, 0.6) is 0 Å². The van der Waals surface area contributed by atoms with E-state index in [0.29, 0.717) is 6.42 Å². The minimum absolute atomic E-state index is 0.0790. The maximum Gasteiger partial charge on any atom is 0.221 e. The van der Waals surface area contributed by atoms with Gasteiger partial charge in [-0.25, -0.2) is 0 Å². The number of carbonyl (C=O) groups excluding carboxylic acids is 1. The van der Waals surface area contributed by atoms with E-state index in [2.05, 4.69) is 10.6 Å². The molecule has 0 saturated carbocycles. The smallest absolute Gasteiger partial charge is 0.221 e. The highest BCUT2D eigenvalue weighted by Crippen LogP contribution is 2.10. The second kappa shape index (κ2) is 7.01. The largest absolute Gasteiger partial charge is 0.350 e. The van der Waals surface area contributed by atoms with Crippen LogP contribution in [-0.4, -0.2) is 19.0 Å². The first-order valence-corrected chi connectivity index (χ1v) is 5.79. The van der Waals surface area contributed by atoms with Crippen LogP contribution in [0.3, 0.4) is 0 Å². The predicted molar refractivity (Wildman–Crippen MR) is 66.2 cm³/mol. The van der Waals surface area contributed by atoms with Crippen molar-refractivity contribution in [3.8, 4) is 0 Å². The lowest BCUT2D eigenvalue weighted by Crippen LogP contribution is -2.29. The Bertz CT molecular complexity index is 311. The van der Waals surface area contributed by atoms with E-state index in [4.69, 9.17) is 0 Å². The van der Waals surface area contributed by atoms with Crippen LogP contribution in [0.15, 0.2) is 30.3 Å². The Kier molecular flexibility index (Phi) is 5.57. The van der Waals surface area contributed by atoms with E-state index >= 15 is 0 Å². The summed E-state index contributed by atoms with van der Waals surface area (Å²) in [5.74, 6) is 0.0947. The van der Waals surface area contributed by atoms with Crippen molar-refractivity contribution in [2.24, 2.45) is 0 Å². The SMILES string of the molecule is CCNCCC(=O)NC(C)c1ccccc1. The molecule has 2 N–H and O–H groups in total. The summed E-state index contributed by atoms with van der Waals surface area (Å²) in [6.45, 7) is 5.68. The fourth-order valence-corrected chi connectivity index (χ4v) is 1.52. The van der Waals surface area contributed by atoms with Crippen LogP contribution in [-0.2, 0) is 4.79 Å². The summed E-state index contributed by atoms with van der Waals surface area (Å²) in [6, 6.07) is 10.1. The van der Waals surface area contributed by atoms with Gasteiger partial charge in [-0.2, -0.15) is 0 Å². The minimum atomic E-state index is 0.0790. The van der Waals surface area contributed by atoms with Gasteiger partial charge < -0.3 is 10.6 Å². The van der Waals surface area contributed by atoms with Crippen molar-refractivity contribution in [3.63, 3.8) is 0 Å². The molecule has 1 unspecified atom stereocenters. The van der Waals surface area contributed by atoms with Crippen LogP contribution >= 0.6 is 0 Å². The highest BCUT2D eigenvalue weighted by molar-refractivity contribution is 5.76. The van der Waals surface area contributed by atoms with Crippen molar-refractivity contribution in [1.29, 1.82) is 0 Å². The van der Waals surface area contributed by atoms with Gasteiger partial charge >= 0.3 is 0 Å². The Balaban J connectivity index is 2.34. The number of amides is 1. The topological polar surface area (TPSA) is 41.1 Å². The van der Waals surface area contributed by atoms with Crippen molar-refractivity contribution >= 4 is 5.91 Å². The Morgan fingerprint density at radius 3 is 2.62 bits per heavy atom. The highest BCUT2D eigenvalue weighted by atomic mass is 16.1. The van der Waals surface area contributed by atoms with E-state index in [9.17, 15) is 4.79 Å². The first-order valence-electron chi connectivity index (χ1n) is 5.79. The molecule has 1 amide bonds. The third-order valence-corrected chi connectivity index (χ3v) is 2.46. The Morgan fingerprint density at radius 1 is 1.31 bits per heavy atom. The Hall–Kier alpha value is -1.35. The van der Waals surface area contributed by atoms with Crippen molar-refractivity contribution in [2.75, 3.05) is 13.1 Å². The second-order valence-electron chi connectivity index (χ2n) is 3.80. The first-order chi connectivity index (χ1) is 7.74. The molecule has 16 heavy (non-hydrogen) atoms. The van der Waals surface area contributed by atoms with E-state index < -0.39 is 0 Å². The van der Waals surface area contributed by atoms with Gasteiger partial charge in [-0.3, -0.25) is 4.79 Å². The van der Waals surface area contributed by atoms with Gasteiger partial charge in [0.15, 0.2) is 0 Å². The number of hydrogen-bond donors (Lipinski definition) is 2. The van der Waals surface area contributed by atoms with Gasteiger partial charge in [0.1, 0.15) is 0 Å². The van der Waals surface area contributed by atoms with Gasteiger partial charge in [0, 0.05) is 13.0 Å². The molecular weight excluding hydrogens is 200 g/mol. The van der Waals surface area contributed by atoms with Crippen LogP contribution < -0.4 is 10.6 Å². The predicted octanol–water partition coefficient (Wildman–Crippen LogP) is 1.86. The molecule has 0 heterocycles. The summed E-state index contributed by atoms with van der Waals surface area (Å²) < 4.78 is 0. The number of hydrogen-bond acceptors (Lipinski definition) is 2. The number of carbonyl (C=O) groups is 1. The second-order valence-corrected chi connectivity index (χ2v) is 3.80. The maximum absolute atomic E-state index is 11.6. The fraction of sp³-hybridized carbons (Fsp3) is 0.462. The molecule has 3 nitrogen and oxygen atoms in total. The first kappa shape index (κ1) is 12.7. The lowest BCUT2D eigenvalue weighted by molar-refractivity contribution is -0.121. The van der Waals surface area contributed by atoms with Crippen molar-refractivity contribution < 1.29 is 4.79 Å². The molecule has 0 radical (unpaired) electrons. The standard InChI is InChI=1S/C13H20N2O/c1-3-14-10-9-13(16)15-11(2)12-7-5-4-6-8-12/h4-8,11,14H,3,9-10H2,1-2H3,(H,15,16). The van der Waals surface area contributed by atoms with Gasteiger partial charge in [0.2, 0.25) is 5.91 Å². The van der Waals surface area contributed by atoms with Gasteiger partial charge in [-0.15, -0.1) is 0 Å². The maximum atomic E-state index is 11.6. The number of benzene rings is 1. The highest BCUT2D eigenvalue weighted by Gasteiger charge is 2.07. The molecule has 1 aromatic rings. The minimum Gasteiger partial charge on any atom is -0.350 e. The number of nitrogens with one attached hydrogen (secondary N) is 2.